The van der Waals surface area contributed by atoms with E-state index in [1.807, 2.05) is 23.6 Å². The number of aromatic nitrogens is 2. The molecular weight excluding hydrogens is 408 g/mol. The zero-order valence-corrected chi connectivity index (χ0v) is 18.0. The van der Waals surface area contributed by atoms with E-state index in [0.717, 1.165) is 16.7 Å². The van der Waals surface area contributed by atoms with Crippen LogP contribution in [0.4, 0.5) is 0 Å². The predicted octanol–water partition coefficient (Wildman–Crippen LogP) is 8.21. The fourth-order valence-corrected chi connectivity index (χ4v) is 5.96. The fourth-order valence-electron chi connectivity index (χ4n) is 4.85. The zero-order valence-electron chi connectivity index (χ0n) is 17.2. The van der Waals surface area contributed by atoms with Crippen molar-refractivity contribution >= 4 is 53.4 Å². The van der Waals surface area contributed by atoms with E-state index in [1.54, 1.807) is 0 Å². The van der Waals surface area contributed by atoms with Crippen LogP contribution in [0.3, 0.4) is 0 Å². The topological polar surface area (TPSA) is 17.8 Å². The molecule has 0 amide bonds. The van der Waals surface area contributed by atoms with E-state index < -0.39 is 0 Å². The lowest BCUT2D eigenvalue weighted by Gasteiger charge is -2.11. The first-order chi connectivity index (χ1) is 15.9. The maximum Gasteiger partial charge on any atom is 0.0963 e. The van der Waals surface area contributed by atoms with Gasteiger partial charge in [0.2, 0.25) is 0 Å². The molecule has 2 nitrogen and oxygen atoms in total. The summed E-state index contributed by atoms with van der Waals surface area (Å²) in [6.07, 6.45) is 1.89. The monoisotopic (exact) mass is 426 g/mol. The Morgan fingerprint density at radius 3 is 2.41 bits per heavy atom. The van der Waals surface area contributed by atoms with Crippen LogP contribution in [0.2, 0.25) is 0 Å². The van der Waals surface area contributed by atoms with Gasteiger partial charge in [0.25, 0.3) is 0 Å². The Bertz CT molecular complexity index is 1770. The number of nitrogens with zero attached hydrogens (tertiary/aromatic N) is 2. The Morgan fingerprint density at radius 2 is 1.47 bits per heavy atom. The van der Waals surface area contributed by atoms with Crippen molar-refractivity contribution in [2.24, 2.45) is 0 Å². The Morgan fingerprint density at radius 1 is 0.625 bits per heavy atom. The standard InChI is InChI=1S/C29H18N2S/c1-2-8-19(9-3-1)20-10-6-11-21(18-20)31-24-13-7-17-30-28(24)23-15-16-26-27(29(23)31)22-12-4-5-14-25(22)32-26/h1-18H. The van der Waals surface area contributed by atoms with Gasteiger partial charge in [-0.2, -0.15) is 0 Å². The van der Waals surface area contributed by atoms with Crippen molar-refractivity contribution in [1.29, 1.82) is 0 Å². The van der Waals surface area contributed by atoms with E-state index in [-0.39, 0.29) is 0 Å². The van der Waals surface area contributed by atoms with Gasteiger partial charge in [0, 0.05) is 37.4 Å². The van der Waals surface area contributed by atoms with Crippen LogP contribution in [0.15, 0.2) is 109 Å². The molecule has 0 spiro atoms. The highest BCUT2D eigenvalue weighted by Crippen LogP contribution is 2.42. The maximum absolute atomic E-state index is 4.79. The predicted molar refractivity (Wildman–Crippen MR) is 137 cm³/mol. The average molecular weight is 427 g/mol. The summed E-state index contributed by atoms with van der Waals surface area (Å²) in [7, 11) is 0. The molecule has 0 atom stereocenters. The molecule has 0 radical (unpaired) electrons. The van der Waals surface area contributed by atoms with E-state index in [9.17, 15) is 0 Å². The van der Waals surface area contributed by atoms with Crippen LogP contribution >= 0.6 is 11.3 Å². The first-order valence-corrected chi connectivity index (χ1v) is 11.6. The Balaban J connectivity index is 1.65. The van der Waals surface area contributed by atoms with Crippen LogP contribution in [-0.2, 0) is 0 Å². The van der Waals surface area contributed by atoms with Crippen molar-refractivity contribution in [3.8, 4) is 16.8 Å². The Hall–Kier alpha value is -3.95. The second-order valence-electron chi connectivity index (χ2n) is 8.06. The van der Waals surface area contributed by atoms with Gasteiger partial charge in [0.1, 0.15) is 0 Å². The fraction of sp³-hybridized carbons (Fsp3) is 0. The second kappa shape index (κ2) is 6.78. The van der Waals surface area contributed by atoms with Crippen molar-refractivity contribution in [2.75, 3.05) is 0 Å². The molecule has 0 aliphatic carbocycles. The quantitative estimate of drug-likeness (QED) is 0.272. The van der Waals surface area contributed by atoms with Crippen LogP contribution in [0.25, 0.3) is 58.9 Å². The molecule has 7 aromatic rings. The van der Waals surface area contributed by atoms with Gasteiger partial charge in [0.15, 0.2) is 0 Å². The molecule has 0 unspecified atom stereocenters. The Kier molecular flexibility index (Phi) is 3.75. The summed E-state index contributed by atoms with van der Waals surface area (Å²) < 4.78 is 5.02. The molecule has 4 aromatic carbocycles. The van der Waals surface area contributed by atoms with Gasteiger partial charge >= 0.3 is 0 Å². The molecule has 0 saturated heterocycles. The van der Waals surface area contributed by atoms with E-state index in [2.05, 4.69) is 102 Å². The summed E-state index contributed by atoms with van der Waals surface area (Å²) in [5.41, 5.74) is 7.00. The summed E-state index contributed by atoms with van der Waals surface area (Å²) in [6.45, 7) is 0. The lowest BCUT2D eigenvalue weighted by Crippen LogP contribution is -1.95. The number of hydrogen-bond acceptors (Lipinski definition) is 2. The van der Waals surface area contributed by atoms with Crippen molar-refractivity contribution < 1.29 is 0 Å². The van der Waals surface area contributed by atoms with Crippen LogP contribution in [0.5, 0.6) is 0 Å². The number of thiophene rings is 1. The van der Waals surface area contributed by atoms with Gasteiger partial charge in [0.05, 0.1) is 16.6 Å². The lowest BCUT2D eigenvalue weighted by molar-refractivity contribution is 1.18. The molecule has 7 rings (SSSR count). The van der Waals surface area contributed by atoms with E-state index in [4.69, 9.17) is 4.98 Å². The molecule has 0 aliphatic heterocycles. The first kappa shape index (κ1) is 17.7. The molecule has 3 heteroatoms. The van der Waals surface area contributed by atoms with E-state index in [1.165, 1.54) is 42.2 Å². The third-order valence-electron chi connectivity index (χ3n) is 6.23. The minimum atomic E-state index is 1.05. The van der Waals surface area contributed by atoms with Gasteiger partial charge in [-0.05, 0) is 53.6 Å². The van der Waals surface area contributed by atoms with Gasteiger partial charge in [-0.1, -0.05) is 60.7 Å². The maximum atomic E-state index is 4.79. The third-order valence-corrected chi connectivity index (χ3v) is 7.37. The van der Waals surface area contributed by atoms with Gasteiger partial charge < -0.3 is 4.57 Å². The Labute approximate surface area is 189 Å². The summed E-state index contributed by atoms with van der Waals surface area (Å²) in [4.78, 5) is 4.79. The molecule has 0 saturated carbocycles. The van der Waals surface area contributed by atoms with Crippen LogP contribution in [0.1, 0.15) is 0 Å². The highest BCUT2D eigenvalue weighted by molar-refractivity contribution is 7.26. The number of benzene rings is 4. The van der Waals surface area contributed by atoms with Crippen molar-refractivity contribution in [1.82, 2.24) is 9.55 Å². The minimum Gasteiger partial charge on any atom is -0.307 e. The largest absolute Gasteiger partial charge is 0.307 e. The zero-order chi connectivity index (χ0) is 21.1. The summed E-state index contributed by atoms with van der Waals surface area (Å²) in [5, 5.41) is 3.81. The molecular formula is C29H18N2S. The van der Waals surface area contributed by atoms with Crippen molar-refractivity contribution in [3.05, 3.63) is 109 Å². The molecule has 32 heavy (non-hydrogen) atoms. The van der Waals surface area contributed by atoms with Gasteiger partial charge in [-0.25, -0.2) is 0 Å². The molecule has 0 aliphatic rings. The van der Waals surface area contributed by atoms with Crippen LogP contribution in [0, 0.1) is 0 Å². The number of pyridine rings is 1. The van der Waals surface area contributed by atoms with Crippen LogP contribution < -0.4 is 0 Å². The highest BCUT2D eigenvalue weighted by atomic mass is 32.1. The minimum absolute atomic E-state index is 1.05. The summed E-state index contributed by atoms with van der Waals surface area (Å²) in [6, 6.07) is 36.8. The smallest absolute Gasteiger partial charge is 0.0963 e. The summed E-state index contributed by atoms with van der Waals surface area (Å²) in [5.74, 6) is 0. The average Bonchev–Trinajstić information content (AvgIpc) is 3.40. The molecule has 3 aromatic heterocycles. The molecule has 0 fully saturated rings. The van der Waals surface area contributed by atoms with Gasteiger partial charge in [-0.15, -0.1) is 11.3 Å². The van der Waals surface area contributed by atoms with Crippen molar-refractivity contribution in [3.63, 3.8) is 0 Å². The number of rotatable bonds is 2. The number of fused-ring (bicyclic) bond motifs is 7. The van der Waals surface area contributed by atoms with E-state index >= 15 is 0 Å². The normalized spacial score (nSPS) is 11.8. The van der Waals surface area contributed by atoms with Gasteiger partial charge in [-0.3, -0.25) is 4.98 Å². The second-order valence-corrected chi connectivity index (χ2v) is 9.14. The lowest BCUT2D eigenvalue weighted by atomic mass is 10.0. The van der Waals surface area contributed by atoms with E-state index in [0.29, 0.717) is 0 Å². The molecule has 0 N–H and O–H groups in total. The summed E-state index contributed by atoms with van der Waals surface area (Å²) >= 11 is 1.86. The third kappa shape index (κ3) is 2.49. The SMILES string of the molecule is c1ccc(-c2cccc(-n3c4cccnc4c4ccc5sc6ccccc6c5c43)c2)cc1. The first-order valence-electron chi connectivity index (χ1n) is 10.7. The highest BCUT2D eigenvalue weighted by Gasteiger charge is 2.18. The van der Waals surface area contributed by atoms with Crippen molar-refractivity contribution in [2.45, 2.75) is 0 Å². The molecule has 3 heterocycles. The molecule has 0 bridgehead atoms. The number of hydrogen-bond donors (Lipinski definition) is 0. The van der Waals surface area contributed by atoms with Crippen LogP contribution in [-0.4, -0.2) is 9.55 Å². The molecule has 150 valence electrons.